The number of rotatable bonds is 8. The second-order valence-corrected chi connectivity index (χ2v) is 12.5. The van der Waals surface area contributed by atoms with E-state index in [2.05, 4.69) is 39.0 Å². The molecule has 1 fully saturated rings. The molecule has 0 unspecified atom stereocenters. The number of hydrogen-bond acceptors (Lipinski definition) is 5. The lowest BCUT2D eigenvalue weighted by Crippen LogP contribution is -2.34. The summed E-state index contributed by atoms with van der Waals surface area (Å²) in [5, 5.41) is 5.00. The Balaban J connectivity index is 0.00000204. The number of nitrogens with one attached hydrogen (secondary N) is 1. The maximum atomic E-state index is 13.2. The second-order valence-electron chi connectivity index (χ2n) is 12.0. The fourth-order valence-electron chi connectivity index (χ4n) is 6.36. The molecular formula is C37H45ClN6O2. The van der Waals surface area contributed by atoms with E-state index in [0.29, 0.717) is 17.5 Å². The highest BCUT2D eigenvalue weighted by molar-refractivity contribution is 6.30. The maximum Gasteiger partial charge on any atom is 0.257 e. The van der Waals surface area contributed by atoms with Gasteiger partial charge >= 0.3 is 0 Å². The molecule has 1 saturated heterocycles. The maximum absolute atomic E-state index is 13.2. The first kappa shape index (κ1) is 33.2. The van der Waals surface area contributed by atoms with Gasteiger partial charge in [0.1, 0.15) is 5.65 Å². The van der Waals surface area contributed by atoms with Crippen molar-refractivity contribution in [3.8, 4) is 5.69 Å². The number of fused-ring (bicyclic) bond motifs is 1. The number of likely N-dealkylation sites (N-methyl/N-ethyl adjacent to an activating group) is 1. The summed E-state index contributed by atoms with van der Waals surface area (Å²) in [6.07, 6.45) is 11.9. The third-order valence-corrected chi connectivity index (χ3v) is 9.21. The summed E-state index contributed by atoms with van der Waals surface area (Å²) in [5.74, 6) is 0.696. The van der Waals surface area contributed by atoms with E-state index in [9.17, 15) is 9.59 Å². The highest BCUT2D eigenvalue weighted by atomic mass is 35.5. The molecule has 1 amide bonds. The number of likely N-dealkylation sites (tertiary alicyclic amines) is 1. The molecule has 4 heterocycles. The van der Waals surface area contributed by atoms with Crippen molar-refractivity contribution in [2.75, 3.05) is 32.5 Å². The van der Waals surface area contributed by atoms with E-state index in [0.717, 1.165) is 78.9 Å². The molecule has 3 aromatic heterocycles. The van der Waals surface area contributed by atoms with Crippen LogP contribution in [0, 0.1) is 5.92 Å². The van der Waals surface area contributed by atoms with Gasteiger partial charge in [-0.05, 0) is 80.6 Å². The Morgan fingerprint density at radius 2 is 1.76 bits per heavy atom. The molecule has 4 aromatic rings. The van der Waals surface area contributed by atoms with Gasteiger partial charge in [-0.25, -0.2) is 4.98 Å². The lowest BCUT2D eigenvalue weighted by molar-refractivity contribution is -0.124. The minimum Gasteiger partial charge on any atom is -0.381 e. The third-order valence-electron chi connectivity index (χ3n) is 8.95. The highest BCUT2D eigenvalue weighted by Gasteiger charge is 2.25. The Kier molecular flexibility index (Phi) is 10.8. The second kappa shape index (κ2) is 15.0. The first-order chi connectivity index (χ1) is 22.3. The molecule has 0 saturated carbocycles. The van der Waals surface area contributed by atoms with Crippen LogP contribution in [0.25, 0.3) is 16.7 Å². The van der Waals surface area contributed by atoms with Crippen LogP contribution in [0.2, 0.25) is 5.02 Å². The van der Waals surface area contributed by atoms with E-state index in [4.69, 9.17) is 11.6 Å². The van der Waals surface area contributed by atoms with Gasteiger partial charge in [0.25, 0.3) is 5.56 Å². The summed E-state index contributed by atoms with van der Waals surface area (Å²) in [6, 6.07) is 15.3. The standard InChI is InChI=1S/C35H39ClN6O2.C2H6/c1-39(2)35(44)27-8-6-25(7-9-27)26-13-17-41(18-14-26)23-30-21-31-32(12-16-37-34(31)40(30)3)42-19-15-29(20-33(42)43)38-22-24-4-10-28(36)11-5-24;1-2/h4-6,8,10-12,15-16,19-21,26,38H,7,9,13-14,17-18,22-23H2,1-3H3;1-2H3. The van der Waals surface area contributed by atoms with Crippen molar-refractivity contribution in [3.05, 3.63) is 111 Å². The van der Waals surface area contributed by atoms with Crippen molar-refractivity contribution in [2.24, 2.45) is 13.0 Å². The number of carbonyl (C=O) groups excluding carboxylic acids is 1. The zero-order chi connectivity index (χ0) is 32.8. The van der Waals surface area contributed by atoms with Crippen LogP contribution in [0.5, 0.6) is 0 Å². The number of aryl methyl sites for hydroxylation is 1. The van der Waals surface area contributed by atoms with Crippen molar-refractivity contribution in [3.63, 3.8) is 0 Å². The van der Waals surface area contributed by atoms with Crippen LogP contribution in [-0.4, -0.2) is 57.0 Å². The predicted octanol–water partition coefficient (Wildman–Crippen LogP) is 6.96. The summed E-state index contributed by atoms with van der Waals surface area (Å²) in [6.45, 7) is 7.50. The number of carbonyl (C=O) groups is 1. The Bertz CT molecular complexity index is 1790. The van der Waals surface area contributed by atoms with Crippen LogP contribution in [0.15, 0.2) is 89.0 Å². The van der Waals surface area contributed by atoms with E-state index >= 15 is 0 Å². The van der Waals surface area contributed by atoms with Crippen molar-refractivity contribution in [1.29, 1.82) is 0 Å². The average Bonchev–Trinajstić information content (AvgIpc) is 3.40. The number of allylic oxidation sites excluding steroid dienone is 3. The molecule has 0 spiro atoms. The highest BCUT2D eigenvalue weighted by Crippen LogP contribution is 2.33. The zero-order valence-corrected chi connectivity index (χ0v) is 28.3. The van der Waals surface area contributed by atoms with Crippen molar-refractivity contribution in [1.82, 2.24) is 23.9 Å². The van der Waals surface area contributed by atoms with Crippen LogP contribution in [0.3, 0.4) is 0 Å². The van der Waals surface area contributed by atoms with Gasteiger partial charge in [-0.3, -0.25) is 19.1 Å². The summed E-state index contributed by atoms with van der Waals surface area (Å²) >= 11 is 5.99. The summed E-state index contributed by atoms with van der Waals surface area (Å²) in [5.41, 5.74) is 7.02. The van der Waals surface area contributed by atoms with E-state index in [1.54, 1.807) is 21.7 Å². The lowest BCUT2D eigenvalue weighted by Gasteiger charge is -2.34. The molecule has 242 valence electrons. The van der Waals surface area contributed by atoms with Gasteiger partial charge in [-0.1, -0.05) is 55.3 Å². The number of aromatic nitrogens is 3. The van der Waals surface area contributed by atoms with E-state index in [1.165, 1.54) is 11.3 Å². The predicted molar refractivity (Wildman–Crippen MR) is 189 cm³/mol. The van der Waals surface area contributed by atoms with Gasteiger partial charge in [0.2, 0.25) is 5.91 Å². The van der Waals surface area contributed by atoms with Crippen molar-refractivity contribution < 1.29 is 4.79 Å². The minimum absolute atomic E-state index is 0.101. The smallest absolute Gasteiger partial charge is 0.257 e. The number of anilines is 1. The molecular weight excluding hydrogens is 596 g/mol. The number of piperidine rings is 1. The molecule has 9 heteroatoms. The van der Waals surface area contributed by atoms with E-state index < -0.39 is 0 Å². The molecule has 1 N–H and O–H groups in total. The molecule has 0 atom stereocenters. The molecule has 6 rings (SSSR count). The fourth-order valence-corrected chi connectivity index (χ4v) is 6.49. The monoisotopic (exact) mass is 640 g/mol. The average molecular weight is 641 g/mol. The Morgan fingerprint density at radius 1 is 1.02 bits per heavy atom. The van der Waals surface area contributed by atoms with Crippen molar-refractivity contribution >= 4 is 34.2 Å². The van der Waals surface area contributed by atoms with Gasteiger partial charge < -0.3 is 14.8 Å². The molecule has 0 radical (unpaired) electrons. The van der Waals surface area contributed by atoms with Crippen molar-refractivity contribution in [2.45, 2.75) is 52.6 Å². The topological polar surface area (TPSA) is 75.4 Å². The number of halogens is 1. The number of benzene rings is 1. The zero-order valence-electron chi connectivity index (χ0n) is 27.6. The first-order valence-electron chi connectivity index (χ1n) is 16.2. The van der Waals surface area contributed by atoms with Crippen LogP contribution < -0.4 is 10.9 Å². The van der Waals surface area contributed by atoms with Gasteiger partial charge in [-0.2, -0.15) is 0 Å². The van der Waals surface area contributed by atoms with E-state index in [1.807, 2.05) is 76.6 Å². The largest absolute Gasteiger partial charge is 0.381 e. The summed E-state index contributed by atoms with van der Waals surface area (Å²) < 4.78 is 3.84. The Labute approximate surface area is 277 Å². The molecule has 1 aliphatic carbocycles. The van der Waals surface area contributed by atoms with Crippen LogP contribution in [0.1, 0.15) is 50.8 Å². The van der Waals surface area contributed by atoms with Gasteiger partial charge in [0, 0.05) is 80.1 Å². The Hall–Kier alpha value is -4.14. The summed E-state index contributed by atoms with van der Waals surface area (Å²) in [7, 11) is 5.68. The molecule has 2 aliphatic rings. The van der Waals surface area contributed by atoms with Crippen LogP contribution in [-0.2, 0) is 24.9 Å². The molecule has 1 aromatic carbocycles. The van der Waals surface area contributed by atoms with Gasteiger partial charge in [-0.15, -0.1) is 0 Å². The normalized spacial score (nSPS) is 15.5. The van der Waals surface area contributed by atoms with Crippen LogP contribution in [0.4, 0.5) is 5.69 Å². The number of amides is 1. The molecule has 1 aliphatic heterocycles. The van der Waals surface area contributed by atoms with E-state index in [-0.39, 0.29) is 11.5 Å². The molecule has 8 nitrogen and oxygen atoms in total. The first-order valence-corrected chi connectivity index (χ1v) is 16.6. The number of hydrogen-bond donors (Lipinski definition) is 1. The fraction of sp³-hybridized carbons (Fsp3) is 0.378. The van der Waals surface area contributed by atoms with Crippen LogP contribution >= 0.6 is 11.6 Å². The SMILES string of the molecule is CC.CN(C)C(=O)C1=CC=C(C2CCN(Cc3cc4c(-n5ccc(NCc6ccc(Cl)cc6)cc5=O)ccnc4n3C)CC2)CC1. The quantitative estimate of drug-likeness (QED) is 0.225. The minimum atomic E-state index is -0.101. The van der Waals surface area contributed by atoms with Gasteiger partial charge in [0.05, 0.1) is 5.69 Å². The number of pyridine rings is 2. The third kappa shape index (κ3) is 7.45. The molecule has 46 heavy (non-hydrogen) atoms. The summed E-state index contributed by atoms with van der Waals surface area (Å²) in [4.78, 5) is 34.4. The molecule has 0 bridgehead atoms. The number of nitrogens with zero attached hydrogens (tertiary/aromatic N) is 5. The van der Waals surface area contributed by atoms with Gasteiger partial charge in [0.15, 0.2) is 0 Å². The lowest BCUT2D eigenvalue weighted by atomic mass is 9.83. The Morgan fingerprint density at radius 3 is 2.41 bits per heavy atom.